The first-order valence-corrected chi connectivity index (χ1v) is 7.73. The molecule has 24 heavy (non-hydrogen) atoms. The molecule has 0 heterocycles. The van der Waals surface area contributed by atoms with Crippen molar-refractivity contribution in [1.82, 2.24) is 0 Å². The molecular formula is C19H18N2O3. The van der Waals surface area contributed by atoms with E-state index in [1.165, 1.54) is 12.1 Å². The van der Waals surface area contributed by atoms with Crippen molar-refractivity contribution < 1.29 is 9.66 Å². The molecular weight excluding hydrogens is 304 g/mol. The van der Waals surface area contributed by atoms with Gasteiger partial charge in [0, 0.05) is 12.1 Å². The average Bonchev–Trinajstić information content (AvgIpc) is 2.61. The van der Waals surface area contributed by atoms with Crippen molar-refractivity contribution in [2.24, 2.45) is 0 Å². The molecule has 122 valence electrons. The highest BCUT2D eigenvalue weighted by Gasteiger charge is 2.07. The number of nitro benzene ring substituents is 1. The number of allylic oxidation sites excluding steroid dienone is 1. The third kappa shape index (κ3) is 4.68. The number of hydrogen-bond acceptors (Lipinski definition) is 4. The van der Waals surface area contributed by atoms with E-state index in [0.717, 1.165) is 24.2 Å². The second kappa shape index (κ2) is 8.49. The van der Waals surface area contributed by atoms with Crippen LogP contribution in [0.3, 0.4) is 0 Å². The van der Waals surface area contributed by atoms with Crippen molar-refractivity contribution in [1.29, 1.82) is 5.26 Å². The maximum absolute atomic E-state index is 10.7. The molecule has 2 aromatic carbocycles. The first-order valence-electron chi connectivity index (χ1n) is 7.73. The van der Waals surface area contributed by atoms with Crippen molar-refractivity contribution >= 4 is 17.3 Å². The van der Waals surface area contributed by atoms with Gasteiger partial charge < -0.3 is 4.74 Å². The van der Waals surface area contributed by atoms with Gasteiger partial charge in [-0.25, -0.2) is 0 Å². The summed E-state index contributed by atoms with van der Waals surface area (Å²) in [7, 11) is 0. The lowest BCUT2D eigenvalue weighted by molar-refractivity contribution is -0.384. The number of hydrogen-bond donors (Lipinski definition) is 0. The van der Waals surface area contributed by atoms with E-state index in [1.807, 2.05) is 24.3 Å². The molecule has 0 N–H and O–H groups in total. The van der Waals surface area contributed by atoms with Gasteiger partial charge in [0.15, 0.2) is 0 Å². The third-order valence-electron chi connectivity index (χ3n) is 3.47. The molecule has 0 radical (unpaired) electrons. The Morgan fingerprint density at radius 1 is 1.21 bits per heavy atom. The Morgan fingerprint density at radius 2 is 1.88 bits per heavy atom. The quantitative estimate of drug-likeness (QED) is 0.240. The number of nitro groups is 1. The Kier molecular flexibility index (Phi) is 6.09. The van der Waals surface area contributed by atoms with E-state index >= 15 is 0 Å². The minimum atomic E-state index is -0.461. The number of rotatable bonds is 7. The molecule has 2 aromatic rings. The molecule has 0 bridgehead atoms. The normalized spacial score (nSPS) is 10.9. The maximum atomic E-state index is 10.7. The molecule has 0 atom stereocenters. The third-order valence-corrected chi connectivity index (χ3v) is 3.47. The number of nitriles is 1. The van der Waals surface area contributed by atoms with E-state index in [4.69, 9.17) is 4.74 Å². The van der Waals surface area contributed by atoms with Crippen LogP contribution >= 0.6 is 0 Å². The summed E-state index contributed by atoms with van der Waals surface area (Å²) in [6, 6.07) is 15.6. The van der Waals surface area contributed by atoms with Crippen LogP contribution in [-0.4, -0.2) is 11.5 Å². The topological polar surface area (TPSA) is 76.2 Å². The van der Waals surface area contributed by atoms with Gasteiger partial charge in [0.1, 0.15) is 5.75 Å². The molecule has 0 aliphatic rings. The lowest BCUT2D eigenvalue weighted by Crippen LogP contribution is -1.95. The lowest BCUT2D eigenvalue weighted by atomic mass is 10.0. The zero-order chi connectivity index (χ0) is 17.4. The van der Waals surface area contributed by atoms with Crippen LogP contribution in [0.25, 0.3) is 11.6 Å². The van der Waals surface area contributed by atoms with E-state index in [2.05, 4.69) is 13.0 Å². The van der Waals surface area contributed by atoms with Crippen molar-refractivity contribution in [2.75, 3.05) is 6.61 Å². The molecule has 2 rings (SSSR count). The summed E-state index contributed by atoms with van der Waals surface area (Å²) in [4.78, 5) is 10.2. The first kappa shape index (κ1) is 17.2. The SMILES string of the molecule is CCCCOc1ccc(C=C(C#N)c2ccc([N+](=O)[O-])cc2)cc1. The molecule has 0 fully saturated rings. The van der Waals surface area contributed by atoms with E-state index in [-0.39, 0.29) is 5.69 Å². The van der Waals surface area contributed by atoms with Crippen LogP contribution in [-0.2, 0) is 0 Å². The van der Waals surface area contributed by atoms with Gasteiger partial charge in [-0.05, 0) is 47.9 Å². The second-order valence-electron chi connectivity index (χ2n) is 5.24. The van der Waals surface area contributed by atoms with Crippen LogP contribution < -0.4 is 4.74 Å². The van der Waals surface area contributed by atoms with Crippen molar-refractivity contribution in [3.63, 3.8) is 0 Å². The maximum Gasteiger partial charge on any atom is 0.269 e. The second-order valence-corrected chi connectivity index (χ2v) is 5.24. The largest absolute Gasteiger partial charge is 0.494 e. The fourth-order valence-corrected chi connectivity index (χ4v) is 2.10. The standard InChI is InChI=1S/C19H18N2O3/c1-2-3-12-24-19-10-4-15(5-11-19)13-17(14-20)16-6-8-18(9-7-16)21(22)23/h4-11,13H,2-3,12H2,1H3. The molecule has 0 amide bonds. The smallest absolute Gasteiger partial charge is 0.269 e. The summed E-state index contributed by atoms with van der Waals surface area (Å²) in [5, 5.41) is 20.0. The van der Waals surface area contributed by atoms with Gasteiger partial charge in [0.25, 0.3) is 5.69 Å². The number of ether oxygens (including phenoxy) is 1. The molecule has 0 saturated heterocycles. The summed E-state index contributed by atoms with van der Waals surface area (Å²) in [6.07, 6.45) is 3.85. The van der Waals surface area contributed by atoms with Crippen LogP contribution in [0.2, 0.25) is 0 Å². The highest BCUT2D eigenvalue weighted by Crippen LogP contribution is 2.22. The zero-order valence-corrected chi connectivity index (χ0v) is 13.4. The summed E-state index contributed by atoms with van der Waals surface area (Å²) in [5.41, 5.74) is 1.97. The minimum Gasteiger partial charge on any atom is -0.494 e. The summed E-state index contributed by atoms with van der Waals surface area (Å²) < 4.78 is 5.60. The number of non-ortho nitro benzene ring substituents is 1. The molecule has 0 unspecified atom stereocenters. The number of nitrogens with zero attached hydrogens (tertiary/aromatic N) is 2. The Hall–Kier alpha value is -3.13. The van der Waals surface area contributed by atoms with Crippen LogP contribution in [0.15, 0.2) is 48.5 Å². The summed E-state index contributed by atoms with van der Waals surface area (Å²) in [5.74, 6) is 0.800. The van der Waals surface area contributed by atoms with Crippen LogP contribution in [0.1, 0.15) is 30.9 Å². The number of benzene rings is 2. The lowest BCUT2D eigenvalue weighted by Gasteiger charge is -2.05. The summed E-state index contributed by atoms with van der Waals surface area (Å²) in [6.45, 7) is 2.80. The van der Waals surface area contributed by atoms with Crippen molar-refractivity contribution in [3.8, 4) is 11.8 Å². The van der Waals surface area contributed by atoms with Crippen molar-refractivity contribution in [3.05, 3.63) is 69.8 Å². The molecule has 0 aliphatic heterocycles. The molecule has 0 aromatic heterocycles. The predicted molar refractivity (Wildman–Crippen MR) is 93.4 cm³/mol. The fourth-order valence-electron chi connectivity index (χ4n) is 2.10. The van der Waals surface area contributed by atoms with Crippen molar-refractivity contribution in [2.45, 2.75) is 19.8 Å². The van der Waals surface area contributed by atoms with E-state index in [9.17, 15) is 15.4 Å². The molecule has 5 heteroatoms. The van der Waals surface area contributed by atoms with Gasteiger partial charge in [-0.2, -0.15) is 5.26 Å². The Bertz CT molecular complexity index is 757. The Labute approximate surface area is 141 Å². The van der Waals surface area contributed by atoms with Gasteiger partial charge >= 0.3 is 0 Å². The number of unbranched alkanes of at least 4 members (excludes halogenated alkanes) is 1. The van der Waals surface area contributed by atoms with E-state index < -0.39 is 4.92 Å². The molecule has 0 spiro atoms. The Morgan fingerprint density at radius 3 is 2.42 bits per heavy atom. The van der Waals surface area contributed by atoms with Crippen LogP contribution in [0.4, 0.5) is 5.69 Å². The predicted octanol–water partition coefficient (Wildman–Crippen LogP) is 4.84. The van der Waals surface area contributed by atoms with E-state index in [0.29, 0.717) is 17.7 Å². The van der Waals surface area contributed by atoms with Gasteiger partial charge in [0.05, 0.1) is 23.2 Å². The molecule has 0 saturated carbocycles. The highest BCUT2D eigenvalue weighted by molar-refractivity contribution is 5.89. The monoisotopic (exact) mass is 322 g/mol. The Balaban J connectivity index is 2.15. The summed E-state index contributed by atoms with van der Waals surface area (Å²) >= 11 is 0. The van der Waals surface area contributed by atoms with Crippen LogP contribution in [0.5, 0.6) is 5.75 Å². The average molecular weight is 322 g/mol. The van der Waals surface area contributed by atoms with Gasteiger partial charge in [-0.15, -0.1) is 0 Å². The zero-order valence-electron chi connectivity index (χ0n) is 13.4. The first-order chi connectivity index (χ1) is 11.6. The molecule has 5 nitrogen and oxygen atoms in total. The van der Waals surface area contributed by atoms with Crippen LogP contribution in [0, 0.1) is 21.4 Å². The van der Waals surface area contributed by atoms with E-state index in [1.54, 1.807) is 18.2 Å². The van der Waals surface area contributed by atoms with Gasteiger partial charge in [-0.1, -0.05) is 25.5 Å². The van der Waals surface area contributed by atoms with Gasteiger partial charge in [0.2, 0.25) is 0 Å². The fraction of sp³-hybridized carbons (Fsp3) is 0.211. The highest BCUT2D eigenvalue weighted by atomic mass is 16.6. The van der Waals surface area contributed by atoms with Gasteiger partial charge in [-0.3, -0.25) is 10.1 Å². The minimum absolute atomic E-state index is 0.00428. The molecule has 0 aliphatic carbocycles.